The van der Waals surface area contributed by atoms with Gasteiger partial charge in [0, 0.05) is 23.7 Å². The van der Waals surface area contributed by atoms with Crippen LogP contribution in [0.3, 0.4) is 0 Å². The second kappa shape index (κ2) is 9.24. The van der Waals surface area contributed by atoms with Gasteiger partial charge in [-0.1, -0.05) is 53.7 Å². The van der Waals surface area contributed by atoms with Crippen LogP contribution in [0.5, 0.6) is 0 Å². The molecule has 6 rings (SSSR count). The molecule has 0 N–H and O–H groups in total. The van der Waals surface area contributed by atoms with E-state index in [-0.39, 0.29) is 11.9 Å². The molecule has 0 radical (unpaired) electrons. The highest BCUT2D eigenvalue weighted by atomic mass is 35.5. The van der Waals surface area contributed by atoms with Crippen molar-refractivity contribution in [2.24, 2.45) is 0 Å². The average Bonchev–Trinajstić information content (AvgIpc) is 3.55. The molecule has 6 nitrogen and oxygen atoms in total. The Kier molecular flexibility index (Phi) is 6.05. The number of aryl methyl sites for hydroxylation is 2. The number of carbonyl (C=O) groups is 1. The van der Waals surface area contributed by atoms with Gasteiger partial charge in [-0.2, -0.15) is 0 Å². The summed E-state index contributed by atoms with van der Waals surface area (Å²) in [5, 5.41) is 5.05. The Bertz CT molecular complexity index is 1450. The second-order valence-corrected chi connectivity index (χ2v) is 10.8. The van der Waals surface area contributed by atoms with Gasteiger partial charge in [-0.25, -0.2) is 4.98 Å². The van der Waals surface area contributed by atoms with Gasteiger partial charge in [0.15, 0.2) is 0 Å². The summed E-state index contributed by atoms with van der Waals surface area (Å²) in [6, 6.07) is 12.0. The number of halogens is 2. The highest BCUT2D eigenvalue weighted by Gasteiger charge is 2.38. The van der Waals surface area contributed by atoms with Gasteiger partial charge in [-0.3, -0.25) is 4.79 Å². The molecule has 8 heteroatoms. The number of rotatable bonds is 4. The van der Waals surface area contributed by atoms with Gasteiger partial charge in [-0.15, -0.1) is 0 Å². The largest absolute Gasteiger partial charge is 0.361 e. The highest BCUT2D eigenvalue weighted by Crippen LogP contribution is 2.43. The predicted octanol–water partition coefficient (Wildman–Crippen LogP) is 7.99. The summed E-state index contributed by atoms with van der Waals surface area (Å²) in [6.45, 7) is 3.90. The summed E-state index contributed by atoms with van der Waals surface area (Å²) in [5.41, 5.74) is 5.73. The van der Waals surface area contributed by atoms with Crippen molar-refractivity contribution >= 4 is 45.8 Å². The third kappa shape index (κ3) is 3.91. The van der Waals surface area contributed by atoms with Crippen LogP contribution >= 0.6 is 23.2 Å². The molecular formula is C28H28Cl2N4O2. The van der Waals surface area contributed by atoms with Crippen molar-refractivity contribution in [3.8, 4) is 11.1 Å². The molecule has 0 unspecified atom stereocenters. The molecule has 2 aromatic heterocycles. The van der Waals surface area contributed by atoms with E-state index < -0.39 is 0 Å². The van der Waals surface area contributed by atoms with Crippen LogP contribution in [0, 0.1) is 13.8 Å². The third-order valence-corrected chi connectivity index (χ3v) is 8.41. The van der Waals surface area contributed by atoms with E-state index in [4.69, 9.17) is 32.7 Å². The Morgan fingerprint density at radius 3 is 2.50 bits per heavy atom. The second-order valence-electron chi connectivity index (χ2n) is 9.95. The van der Waals surface area contributed by atoms with Crippen LogP contribution in [0.2, 0.25) is 10.0 Å². The lowest BCUT2D eigenvalue weighted by Crippen LogP contribution is -2.30. The fraction of sp³-hybridized carbons (Fsp3) is 0.393. The van der Waals surface area contributed by atoms with Gasteiger partial charge < -0.3 is 14.0 Å². The van der Waals surface area contributed by atoms with Crippen molar-refractivity contribution in [1.82, 2.24) is 14.7 Å². The zero-order valence-corrected chi connectivity index (χ0v) is 21.9. The van der Waals surface area contributed by atoms with Crippen molar-refractivity contribution < 1.29 is 9.32 Å². The fourth-order valence-corrected chi connectivity index (χ4v) is 6.31. The van der Waals surface area contributed by atoms with E-state index in [1.807, 2.05) is 24.8 Å². The van der Waals surface area contributed by atoms with E-state index >= 15 is 0 Å². The summed E-state index contributed by atoms with van der Waals surface area (Å²) >= 11 is 12.5. The molecule has 2 aromatic carbocycles. The molecule has 186 valence electrons. The van der Waals surface area contributed by atoms with Gasteiger partial charge in [0.1, 0.15) is 11.6 Å². The van der Waals surface area contributed by atoms with E-state index in [1.165, 1.54) is 19.3 Å². The van der Waals surface area contributed by atoms with Crippen molar-refractivity contribution in [3.63, 3.8) is 0 Å². The monoisotopic (exact) mass is 522 g/mol. The summed E-state index contributed by atoms with van der Waals surface area (Å²) in [6.07, 6.45) is 7.12. The Labute approximate surface area is 220 Å². The lowest BCUT2D eigenvalue weighted by molar-refractivity contribution is -0.117. The SMILES string of the molecule is Cc1noc(C)c1-c1ccc2c(c1)nc([C@@H]1CCC(=O)N1c1ccc(Cl)c(Cl)c1)n2C1CCCCC1. The zero-order valence-electron chi connectivity index (χ0n) is 20.4. The van der Waals surface area contributed by atoms with E-state index in [1.54, 1.807) is 12.1 Å². The van der Waals surface area contributed by atoms with Crippen LogP contribution in [-0.2, 0) is 4.79 Å². The zero-order chi connectivity index (χ0) is 25.0. The number of hydrogen-bond donors (Lipinski definition) is 0. The van der Waals surface area contributed by atoms with Crippen LogP contribution in [0.15, 0.2) is 40.9 Å². The summed E-state index contributed by atoms with van der Waals surface area (Å²) < 4.78 is 7.84. The molecular weight excluding hydrogens is 495 g/mol. The Balaban J connectivity index is 1.51. The van der Waals surface area contributed by atoms with E-state index in [0.29, 0.717) is 28.9 Å². The molecule has 1 saturated heterocycles. The highest BCUT2D eigenvalue weighted by molar-refractivity contribution is 6.42. The first kappa shape index (κ1) is 23.6. The smallest absolute Gasteiger partial charge is 0.227 e. The molecule has 0 bridgehead atoms. The molecule has 1 saturated carbocycles. The molecule has 1 aliphatic carbocycles. The number of benzene rings is 2. The number of fused-ring (bicyclic) bond motifs is 1. The Morgan fingerprint density at radius 1 is 0.972 bits per heavy atom. The topological polar surface area (TPSA) is 64.2 Å². The number of aromatic nitrogens is 3. The average molecular weight is 523 g/mol. The molecule has 36 heavy (non-hydrogen) atoms. The normalized spacial score (nSPS) is 19.1. The Morgan fingerprint density at radius 2 is 1.78 bits per heavy atom. The Hall–Kier alpha value is -2.83. The molecule has 1 atom stereocenters. The quantitative estimate of drug-likeness (QED) is 0.272. The maximum absolute atomic E-state index is 13.1. The minimum atomic E-state index is -0.161. The summed E-state index contributed by atoms with van der Waals surface area (Å²) in [7, 11) is 0. The fourth-order valence-electron chi connectivity index (χ4n) is 6.01. The van der Waals surface area contributed by atoms with E-state index in [9.17, 15) is 4.79 Å². The van der Waals surface area contributed by atoms with Gasteiger partial charge in [-0.05, 0) is 69.0 Å². The van der Waals surface area contributed by atoms with Gasteiger partial charge in [0.05, 0.1) is 32.8 Å². The van der Waals surface area contributed by atoms with E-state index in [0.717, 1.165) is 58.0 Å². The van der Waals surface area contributed by atoms with Crippen LogP contribution in [0.1, 0.15) is 74.3 Å². The van der Waals surface area contributed by atoms with E-state index in [2.05, 4.69) is 27.9 Å². The van der Waals surface area contributed by atoms with Crippen molar-refractivity contribution in [2.45, 2.75) is 70.9 Å². The number of nitrogens with zero attached hydrogens (tertiary/aromatic N) is 4. The first-order valence-corrected chi connectivity index (χ1v) is 13.4. The lowest BCUT2D eigenvalue weighted by Gasteiger charge is -2.30. The molecule has 1 amide bonds. The van der Waals surface area contributed by atoms with Gasteiger partial charge in [0.2, 0.25) is 5.91 Å². The first-order chi connectivity index (χ1) is 17.4. The van der Waals surface area contributed by atoms with Crippen LogP contribution in [-0.4, -0.2) is 20.6 Å². The minimum Gasteiger partial charge on any atom is -0.361 e. The van der Waals surface area contributed by atoms with Crippen LogP contribution < -0.4 is 4.90 Å². The number of amides is 1. The summed E-state index contributed by atoms with van der Waals surface area (Å²) in [5.74, 6) is 1.83. The maximum atomic E-state index is 13.1. The van der Waals surface area contributed by atoms with Crippen LogP contribution in [0.4, 0.5) is 5.69 Å². The molecule has 2 aliphatic rings. The number of hydrogen-bond acceptors (Lipinski definition) is 4. The third-order valence-electron chi connectivity index (χ3n) is 7.67. The molecule has 3 heterocycles. The molecule has 1 aliphatic heterocycles. The maximum Gasteiger partial charge on any atom is 0.227 e. The predicted molar refractivity (Wildman–Crippen MR) is 143 cm³/mol. The molecule has 4 aromatic rings. The van der Waals surface area contributed by atoms with Crippen molar-refractivity contribution in [3.05, 3.63) is 63.7 Å². The lowest BCUT2D eigenvalue weighted by atomic mass is 9.94. The van der Waals surface area contributed by atoms with Gasteiger partial charge >= 0.3 is 0 Å². The van der Waals surface area contributed by atoms with Crippen molar-refractivity contribution in [2.75, 3.05) is 4.90 Å². The number of anilines is 1. The number of carbonyl (C=O) groups excluding carboxylic acids is 1. The molecule has 0 spiro atoms. The minimum absolute atomic E-state index is 0.0806. The van der Waals surface area contributed by atoms with Gasteiger partial charge in [0.25, 0.3) is 0 Å². The van der Waals surface area contributed by atoms with Crippen LogP contribution in [0.25, 0.3) is 22.2 Å². The standard InChI is InChI=1S/C28H28Cl2N4O2/c1-16-27(17(2)36-32-16)18-8-11-24-23(14-18)31-28(34(24)19-6-4-3-5-7-19)25-12-13-26(35)33(25)20-9-10-21(29)22(30)15-20/h8-11,14-15,19,25H,3-7,12-13H2,1-2H3/t25-/m0/s1. The first-order valence-electron chi connectivity index (χ1n) is 12.6. The molecule has 2 fully saturated rings. The van der Waals surface area contributed by atoms with Crippen molar-refractivity contribution in [1.29, 1.82) is 0 Å². The number of imidazole rings is 1. The summed E-state index contributed by atoms with van der Waals surface area (Å²) in [4.78, 5) is 20.2.